The smallest absolute Gasteiger partial charge is 0.342 e. The molecule has 2 aromatic rings. The van der Waals surface area contributed by atoms with Crippen molar-refractivity contribution in [1.82, 2.24) is 19.5 Å². The van der Waals surface area contributed by atoms with Crippen LogP contribution in [0.5, 0.6) is 0 Å². The molecule has 0 amide bonds. The predicted octanol–water partition coefficient (Wildman–Crippen LogP) is -0.722. The number of ether oxygens (including phenoxy) is 2. The lowest BCUT2D eigenvalue weighted by atomic mass is 10.1. The number of hydrogen-bond acceptors (Lipinski definition) is 13. The maximum atomic E-state index is 12.5. The molecule has 0 aromatic carbocycles. The summed E-state index contributed by atoms with van der Waals surface area (Å²) in [7, 11) is -9.50. The van der Waals surface area contributed by atoms with Crippen LogP contribution in [0.4, 0.5) is 5.82 Å². The van der Waals surface area contributed by atoms with Gasteiger partial charge in [0.25, 0.3) is 0 Å². The van der Waals surface area contributed by atoms with Crippen molar-refractivity contribution < 1.29 is 52.8 Å². The number of aromatic nitrogens is 4. The van der Waals surface area contributed by atoms with Crippen LogP contribution in [-0.2, 0) is 27.7 Å². The molecule has 2 aromatic heterocycles. The third-order valence-corrected chi connectivity index (χ3v) is 9.69. The van der Waals surface area contributed by atoms with Crippen LogP contribution in [0.1, 0.15) is 25.5 Å². The summed E-state index contributed by atoms with van der Waals surface area (Å²) in [6.07, 6.45) is -1.66. The van der Waals surface area contributed by atoms with Gasteiger partial charge in [-0.05, 0) is 12.8 Å². The molecule has 0 saturated carbocycles. The highest BCUT2D eigenvalue weighted by Crippen LogP contribution is 2.60. The van der Waals surface area contributed by atoms with E-state index in [4.69, 9.17) is 24.3 Å². The highest BCUT2D eigenvalue weighted by atomic mass is 31.2. The van der Waals surface area contributed by atoms with Gasteiger partial charge >= 0.3 is 15.2 Å². The van der Waals surface area contributed by atoms with Gasteiger partial charge in [-0.3, -0.25) is 18.2 Å². The van der Waals surface area contributed by atoms with Crippen LogP contribution in [-0.4, -0.2) is 94.4 Å². The van der Waals surface area contributed by atoms with Crippen LogP contribution < -0.4 is 5.73 Å². The maximum Gasteiger partial charge on any atom is 0.342 e. The van der Waals surface area contributed by atoms with E-state index in [0.29, 0.717) is 12.8 Å². The lowest BCUT2D eigenvalue weighted by Gasteiger charge is -2.36. The van der Waals surface area contributed by atoms with E-state index in [1.807, 2.05) is 0 Å². The molecule has 35 heavy (non-hydrogen) atoms. The number of nitrogens with zero attached hydrogens (tertiary/aromatic N) is 4. The van der Waals surface area contributed by atoms with Gasteiger partial charge in [0.15, 0.2) is 23.6 Å². The molecule has 7 atom stereocenters. The second kappa shape index (κ2) is 10.1. The number of aliphatic hydroxyl groups is 3. The van der Waals surface area contributed by atoms with Crippen molar-refractivity contribution >= 4 is 32.2 Å². The van der Waals surface area contributed by atoms with Gasteiger partial charge in [0.2, 0.25) is 5.79 Å². The zero-order chi connectivity index (χ0) is 25.4. The number of imidazole rings is 1. The fourth-order valence-electron chi connectivity index (χ4n) is 3.95. The van der Waals surface area contributed by atoms with Crippen LogP contribution in [0.15, 0.2) is 12.7 Å². The SMILES string of the molecule is Nc1ncnc2c1ncn2[C@@H]1O[C@H](COP(=O)(O)CP(=O)(O)OC2(CO)CCCCO2)[C@@H](O)[C@H]1O. The van der Waals surface area contributed by atoms with Crippen LogP contribution >= 0.6 is 15.2 Å². The number of anilines is 1. The Hall–Kier alpha value is -1.55. The zero-order valence-electron chi connectivity index (χ0n) is 18.4. The lowest BCUT2D eigenvalue weighted by Crippen LogP contribution is -2.42. The van der Waals surface area contributed by atoms with Gasteiger partial charge in [-0.25, -0.2) is 15.0 Å². The van der Waals surface area contributed by atoms with Crippen molar-refractivity contribution in [2.45, 2.75) is 49.6 Å². The summed E-state index contributed by atoms with van der Waals surface area (Å²) in [5.74, 6) is -2.94. The second-order valence-electron chi connectivity index (χ2n) is 8.31. The molecular formula is C17H27N5O11P2. The van der Waals surface area contributed by atoms with Crippen molar-refractivity contribution in [1.29, 1.82) is 0 Å². The van der Waals surface area contributed by atoms with Gasteiger partial charge in [0.1, 0.15) is 30.2 Å². The molecule has 4 rings (SSSR count). The molecule has 3 unspecified atom stereocenters. The third-order valence-electron chi connectivity index (χ3n) is 5.66. The predicted molar refractivity (Wildman–Crippen MR) is 117 cm³/mol. The van der Waals surface area contributed by atoms with E-state index in [-0.39, 0.29) is 30.0 Å². The first-order chi connectivity index (χ1) is 16.5. The molecule has 2 aliphatic rings. The minimum Gasteiger partial charge on any atom is -0.391 e. The fourth-order valence-corrected chi connectivity index (χ4v) is 7.42. The van der Waals surface area contributed by atoms with Crippen molar-refractivity contribution in [3.63, 3.8) is 0 Å². The summed E-state index contributed by atoms with van der Waals surface area (Å²) < 4.78 is 47.2. The van der Waals surface area contributed by atoms with E-state index in [2.05, 4.69) is 15.0 Å². The van der Waals surface area contributed by atoms with Gasteiger partial charge in [-0.15, -0.1) is 0 Å². The lowest BCUT2D eigenvalue weighted by molar-refractivity contribution is -0.227. The van der Waals surface area contributed by atoms with Gasteiger partial charge in [0, 0.05) is 6.42 Å². The van der Waals surface area contributed by atoms with Crippen molar-refractivity contribution in [2.24, 2.45) is 0 Å². The number of hydrogen-bond donors (Lipinski definition) is 6. The van der Waals surface area contributed by atoms with Crippen molar-refractivity contribution in [2.75, 3.05) is 31.5 Å². The second-order valence-corrected chi connectivity index (χ2v) is 12.4. The average Bonchev–Trinajstić information content (AvgIpc) is 3.34. The maximum absolute atomic E-state index is 12.5. The minimum absolute atomic E-state index is 0.0974. The summed E-state index contributed by atoms with van der Waals surface area (Å²) in [4.78, 5) is 32.2. The average molecular weight is 539 g/mol. The number of nitrogen functional groups attached to an aromatic ring is 1. The van der Waals surface area contributed by atoms with E-state index in [1.54, 1.807) is 0 Å². The molecule has 7 N–H and O–H groups in total. The van der Waals surface area contributed by atoms with E-state index in [1.165, 1.54) is 17.2 Å². The van der Waals surface area contributed by atoms with Crippen molar-refractivity contribution in [3.8, 4) is 0 Å². The first-order valence-electron chi connectivity index (χ1n) is 10.6. The van der Waals surface area contributed by atoms with Gasteiger partial charge in [-0.2, -0.15) is 0 Å². The van der Waals surface area contributed by atoms with E-state index >= 15 is 0 Å². The summed E-state index contributed by atoms with van der Waals surface area (Å²) in [5, 5.41) is 30.4. The Morgan fingerprint density at radius 1 is 1.17 bits per heavy atom. The first kappa shape index (κ1) is 26.5. The van der Waals surface area contributed by atoms with Crippen LogP contribution in [0, 0.1) is 0 Å². The Morgan fingerprint density at radius 2 is 1.94 bits per heavy atom. The molecule has 0 spiro atoms. The van der Waals surface area contributed by atoms with Crippen molar-refractivity contribution in [3.05, 3.63) is 12.7 Å². The number of aliphatic hydroxyl groups excluding tert-OH is 3. The molecule has 16 nitrogen and oxygen atoms in total. The fraction of sp³-hybridized carbons (Fsp3) is 0.706. The molecule has 2 fully saturated rings. The molecule has 18 heteroatoms. The molecule has 0 radical (unpaired) electrons. The van der Waals surface area contributed by atoms with Gasteiger partial charge in [0.05, 0.1) is 26.1 Å². The summed E-state index contributed by atoms with van der Waals surface area (Å²) in [6.45, 7) is -1.22. The summed E-state index contributed by atoms with van der Waals surface area (Å²) in [6, 6.07) is 0. The summed E-state index contributed by atoms with van der Waals surface area (Å²) >= 11 is 0. The molecule has 4 heterocycles. The molecule has 2 aliphatic heterocycles. The molecule has 0 bridgehead atoms. The molecule has 0 aliphatic carbocycles. The van der Waals surface area contributed by atoms with E-state index in [9.17, 15) is 34.2 Å². The normalized spacial score (nSPS) is 32.9. The quantitative estimate of drug-likeness (QED) is 0.215. The Bertz CT molecular complexity index is 1140. The van der Waals surface area contributed by atoms with E-state index < -0.39 is 64.6 Å². The zero-order valence-corrected chi connectivity index (χ0v) is 20.1. The van der Waals surface area contributed by atoms with Crippen LogP contribution in [0.3, 0.4) is 0 Å². The van der Waals surface area contributed by atoms with E-state index in [0.717, 1.165) is 0 Å². The Balaban J connectivity index is 1.39. The first-order valence-corrected chi connectivity index (χ1v) is 14.2. The monoisotopic (exact) mass is 539 g/mol. The van der Waals surface area contributed by atoms with Gasteiger partial charge in [-0.1, -0.05) is 0 Å². The topological polar surface area (TPSA) is 242 Å². The summed E-state index contributed by atoms with van der Waals surface area (Å²) in [5.41, 5.74) is 6.22. The Labute approximate surface area is 198 Å². The number of rotatable bonds is 9. The molecule has 196 valence electrons. The number of nitrogens with two attached hydrogens (primary N) is 1. The highest BCUT2D eigenvalue weighted by molar-refractivity contribution is 7.70. The minimum atomic E-state index is -4.75. The van der Waals surface area contributed by atoms with Crippen LogP contribution in [0.25, 0.3) is 11.2 Å². The molecule has 2 saturated heterocycles. The molecular weight excluding hydrogens is 512 g/mol. The van der Waals surface area contributed by atoms with Gasteiger partial charge < -0.3 is 44.8 Å². The number of fused-ring (bicyclic) bond motifs is 1. The third kappa shape index (κ3) is 5.73. The van der Waals surface area contributed by atoms with Crippen LogP contribution in [0.2, 0.25) is 0 Å². The highest BCUT2D eigenvalue weighted by Gasteiger charge is 2.47. The Morgan fingerprint density at radius 3 is 2.63 bits per heavy atom. The standard InChI is InChI=1S/C17H27N5O11P2/c18-14-11-15(20-7-19-14)22(8-21-11)16-13(25)12(24)10(32-16)5-31-34(26,27)9-35(28,29)33-17(6-23)3-1-2-4-30-17/h7-8,10,12-13,16,23-25H,1-6,9H2,(H,26,27)(H,28,29)(H2,18,19,20)/t10-,12-,13-,16-,17?/m1/s1. The largest absolute Gasteiger partial charge is 0.391 e. The Kier molecular flexibility index (Phi) is 7.63.